The molecule has 114 valence electrons. The van der Waals surface area contributed by atoms with Crippen molar-refractivity contribution in [3.8, 4) is 0 Å². The summed E-state index contributed by atoms with van der Waals surface area (Å²) in [4.78, 5) is 0. The molecule has 0 spiro atoms. The first-order chi connectivity index (χ1) is 10.7. The smallest absolute Gasteiger partial charge is 0.273 e. The fourth-order valence-corrected chi connectivity index (χ4v) is 3.00. The van der Waals surface area contributed by atoms with Gasteiger partial charge < -0.3 is 0 Å². The summed E-state index contributed by atoms with van der Waals surface area (Å²) in [6.45, 7) is 6.60. The first-order valence-electron chi connectivity index (χ1n) is 7.97. The molecule has 1 aliphatic rings. The van der Waals surface area contributed by atoms with Gasteiger partial charge in [0.2, 0.25) is 0 Å². The van der Waals surface area contributed by atoms with Crippen molar-refractivity contribution in [3.63, 3.8) is 0 Å². The number of allylic oxidation sites excluding steroid dienone is 4. The Hall–Kier alpha value is -1.33. The largest absolute Gasteiger partial charge is 2.00 e. The Labute approximate surface area is 158 Å². The number of benzene rings is 2. The summed E-state index contributed by atoms with van der Waals surface area (Å²) in [5.41, 5.74) is 2.80. The van der Waals surface area contributed by atoms with Gasteiger partial charge in [-0.15, -0.1) is 52.6 Å². The quantitative estimate of drug-likeness (QED) is 0.423. The van der Waals surface area contributed by atoms with Gasteiger partial charge in [-0.3, -0.25) is 6.08 Å². The molecule has 3 aromatic rings. The van der Waals surface area contributed by atoms with Crippen LogP contribution in [0.5, 0.6) is 0 Å². The minimum atomic E-state index is 0. The van der Waals surface area contributed by atoms with Crippen LogP contribution in [0.2, 0.25) is 0 Å². The fraction of sp³-hybridized carbons (Fsp3) is 0.227. The molecule has 0 N–H and O–H groups in total. The van der Waals surface area contributed by atoms with E-state index < -0.39 is 0 Å². The summed E-state index contributed by atoms with van der Waals surface area (Å²) >= 11 is 0. The third-order valence-electron chi connectivity index (χ3n) is 4.18. The predicted molar refractivity (Wildman–Crippen MR) is 97.3 cm³/mol. The van der Waals surface area contributed by atoms with E-state index in [1.54, 1.807) is 0 Å². The number of hydrogen-bond acceptors (Lipinski definition) is 0. The van der Waals surface area contributed by atoms with E-state index in [1.807, 2.05) is 6.08 Å². The summed E-state index contributed by atoms with van der Waals surface area (Å²) in [7, 11) is 0. The Kier molecular flexibility index (Phi) is 6.25. The molecule has 0 nitrogen and oxygen atoms in total. The van der Waals surface area contributed by atoms with E-state index >= 15 is 0 Å². The summed E-state index contributed by atoms with van der Waals surface area (Å²) in [5.74, 6) is 0.584. The molecule has 1 heteroatoms. The molecule has 0 amide bonds. The van der Waals surface area contributed by atoms with E-state index in [4.69, 9.17) is 0 Å². The normalized spacial score (nSPS) is 13.0. The van der Waals surface area contributed by atoms with Crippen LogP contribution in [0.4, 0.5) is 0 Å². The van der Waals surface area contributed by atoms with E-state index in [9.17, 15) is 0 Å². The number of rotatable bonds is 1. The molecule has 0 aliphatic heterocycles. The number of fused-ring (bicyclic) bond motifs is 3. The van der Waals surface area contributed by atoms with Crippen LogP contribution in [-0.2, 0) is 26.2 Å². The Balaban J connectivity index is 0.000000234. The zero-order valence-electron chi connectivity index (χ0n) is 14.1. The first-order valence-corrected chi connectivity index (χ1v) is 7.97. The molecular formula is C22H22Zr. The van der Waals surface area contributed by atoms with Gasteiger partial charge >= 0.3 is 26.2 Å². The minimum absolute atomic E-state index is 0. The molecule has 0 unspecified atom stereocenters. The minimum Gasteiger partial charge on any atom is -0.273 e. The zero-order valence-corrected chi connectivity index (χ0v) is 16.5. The average Bonchev–Trinajstić information content (AvgIpc) is 3.13. The van der Waals surface area contributed by atoms with Gasteiger partial charge in [-0.05, 0) is 5.92 Å². The Morgan fingerprint density at radius 3 is 2.35 bits per heavy atom. The third kappa shape index (κ3) is 3.96. The molecule has 0 fully saturated rings. The maximum absolute atomic E-state index is 3.05. The van der Waals surface area contributed by atoms with Crippen LogP contribution in [-0.4, -0.2) is 0 Å². The van der Waals surface area contributed by atoms with Crippen LogP contribution < -0.4 is 0 Å². The Morgan fingerprint density at radius 2 is 1.74 bits per heavy atom. The average molecular weight is 378 g/mol. The zero-order chi connectivity index (χ0) is 15.5. The standard InChI is InChI=1S/C16H15.C6H7.Zr/c1-11(2)13-8-5-9-15-14-7-4-3-6-12(14)10-16(13)15;1-6-4-2-3-5-6;/h3-11H,1-2H3;4-5H,2H2,1H3;/q2*-1;+2. The van der Waals surface area contributed by atoms with Crippen molar-refractivity contribution in [2.75, 3.05) is 0 Å². The van der Waals surface area contributed by atoms with E-state index in [0.717, 1.165) is 6.42 Å². The maximum atomic E-state index is 3.05. The molecule has 1 aliphatic carbocycles. The van der Waals surface area contributed by atoms with Crippen molar-refractivity contribution in [2.24, 2.45) is 0 Å². The molecule has 0 aromatic heterocycles. The molecular weight excluding hydrogens is 355 g/mol. The molecule has 0 saturated carbocycles. The first kappa shape index (κ1) is 18.0. The van der Waals surface area contributed by atoms with E-state index in [1.165, 1.54) is 32.7 Å². The van der Waals surface area contributed by atoms with Crippen molar-refractivity contribution in [1.82, 2.24) is 0 Å². The monoisotopic (exact) mass is 376 g/mol. The molecule has 23 heavy (non-hydrogen) atoms. The summed E-state index contributed by atoms with van der Waals surface area (Å²) < 4.78 is 0. The van der Waals surface area contributed by atoms with Gasteiger partial charge in [-0.25, -0.2) is 11.6 Å². The van der Waals surface area contributed by atoms with E-state index in [0.29, 0.717) is 5.92 Å². The van der Waals surface area contributed by atoms with Crippen molar-refractivity contribution in [3.05, 3.63) is 77.9 Å². The van der Waals surface area contributed by atoms with Gasteiger partial charge in [0.05, 0.1) is 0 Å². The molecule has 0 bridgehead atoms. The molecule has 0 radical (unpaired) electrons. The molecule has 3 aromatic carbocycles. The van der Waals surface area contributed by atoms with Crippen LogP contribution in [0.25, 0.3) is 21.5 Å². The van der Waals surface area contributed by atoms with Crippen LogP contribution in [0.1, 0.15) is 38.7 Å². The van der Waals surface area contributed by atoms with Crippen molar-refractivity contribution in [1.29, 1.82) is 0 Å². The maximum Gasteiger partial charge on any atom is 2.00 e. The topological polar surface area (TPSA) is 0 Å². The van der Waals surface area contributed by atoms with Crippen molar-refractivity contribution in [2.45, 2.75) is 33.1 Å². The molecule has 0 atom stereocenters. The summed E-state index contributed by atoms with van der Waals surface area (Å²) in [6.07, 6.45) is 8.24. The van der Waals surface area contributed by atoms with Crippen LogP contribution in [0.3, 0.4) is 0 Å². The second-order valence-electron chi connectivity index (χ2n) is 6.20. The predicted octanol–water partition coefficient (Wildman–Crippen LogP) is 6.53. The van der Waals surface area contributed by atoms with Crippen LogP contribution in [0, 0.1) is 6.08 Å². The second-order valence-corrected chi connectivity index (χ2v) is 6.20. The van der Waals surface area contributed by atoms with Gasteiger partial charge in [0.1, 0.15) is 0 Å². The van der Waals surface area contributed by atoms with Crippen LogP contribution >= 0.6 is 0 Å². The third-order valence-corrected chi connectivity index (χ3v) is 4.18. The van der Waals surface area contributed by atoms with Gasteiger partial charge in [0, 0.05) is 0 Å². The van der Waals surface area contributed by atoms with Gasteiger partial charge in [-0.2, -0.15) is 6.08 Å². The SMILES string of the molecule is CC(C)c1cccc2c1[cH-]c1ccccc12.CC1=CC[C-]=C1.[Zr+2]. The second kappa shape index (κ2) is 7.98. The van der Waals surface area contributed by atoms with E-state index in [-0.39, 0.29) is 26.2 Å². The molecule has 0 saturated heterocycles. The van der Waals surface area contributed by atoms with Crippen molar-refractivity contribution < 1.29 is 26.2 Å². The Morgan fingerprint density at radius 1 is 1.00 bits per heavy atom. The van der Waals surface area contributed by atoms with Crippen molar-refractivity contribution >= 4 is 21.5 Å². The summed E-state index contributed by atoms with van der Waals surface area (Å²) in [6, 6.07) is 17.6. The van der Waals surface area contributed by atoms with E-state index in [2.05, 4.69) is 81.5 Å². The molecule has 0 heterocycles. The Bertz CT molecular complexity index is 844. The number of hydrogen-bond donors (Lipinski definition) is 0. The van der Waals surface area contributed by atoms with Crippen LogP contribution in [0.15, 0.2) is 66.3 Å². The molecule has 4 rings (SSSR count). The van der Waals surface area contributed by atoms with Gasteiger partial charge in [0.25, 0.3) is 0 Å². The summed E-state index contributed by atoms with van der Waals surface area (Å²) in [5, 5.41) is 5.53. The fourth-order valence-electron chi connectivity index (χ4n) is 3.00. The van der Waals surface area contributed by atoms with Gasteiger partial charge in [-0.1, -0.05) is 50.2 Å². The van der Waals surface area contributed by atoms with Gasteiger partial charge in [0.15, 0.2) is 0 Å².